The van der Waals surface area contributed by atoms with Crippen LogP contribution in [0.4, 0.5) is 5.69 Å². The number of hydrogen-bond donors (Lipinski definition) is 1. The lowest BCUT2D eigenvalue weighted by molar-refractivity contribution is -0.116. The van der Waals surface area contributed by atoms with Gasteiger partial charge in [0.25, 0.3) is 0 Å². The number of nitrogens with one attached hydrogen (secondary N) is 1. The summed E-state index contributed by atoms with van der Waals surface area (Å²) in [6, 6.07) is 20.4. The lowest BCUT2D eigenvalue weighted by atomic mass is 10.1. The molecule has 0 spiro atoms. The van der Waals surface area contributed by atoms with Gasteiger partial charge in [-0.05, 0) is 47.2 Å². The Balaban J connectivity index is 1.58. The maximum Gasteiger partial charge on any atom is 0.224 e. The zero-order valence-electron chi connectivity index (χ0n) is 13.0. The van der Waals surface area contributed by atoms with Gasteiger partial charge in [-0.2, -0.15) is 0 Å². The van der Waals surface area contributed by atoms with E-state index in [-0.39, 0.29) is 24.5 Å². The normalized spacial score (nSPS) is 10.5. The maximum atomic E-state index is 12.1. The first kappa shape index (κ1) is 16.2. The van der Waals surface area contributed by atoms with Crippen molar-refractivity contribution in [3.63, 3.8) is 0 Å². The predicted octanol–water partition coefficient (Wildman–Crippen LogP) is 5.09. The van der Waals surface area contributed by atoms with E-state index in [9.17, 15) is 9.59 Å². The minimum Gasteiger partial charge on any atom is -0.326 e. The number of halogens is 1. The van der Waals surface area contributed by atoms with Gasteiger partial charge in [0.05, 0.1) is 0 Å². The number of anilines is 1. The molecule has 0 aromatic heterocycles. The molecule has 3 aromatic rings. The largest absolute Gasteiger partial charge is 0.326 e. The lowest BCUT2D eigenvalue weighted by Gasteiger charge is -2.06. The van der Waals surface area contributed by atoms with Crippen LogP contribution < -0.4 is 5.32 Å². The molecule has 0 bridgehead atoms. The molecule has 1 amide bonds. The lowest BCUT2D eigenvalue weighted by Crippen LogP contribution is -2.13. The molecule has 0 atom stereocenters. The Labute approximate surface area is 145 Å². The van der Waals surface area contributed by atoms with Crippen molar-refractivity contribution in [3.05, 3.63) is 77.3 Å². The van der Waals surface area contributed by atoms with Crippen LogP contribution in [0.1, 0.15) is 23.2 Å². The first-order valence-corrected chi connectivity index (χ1v) is 8.07. The highest BCUT2D eigenvalue weighted by molar-refractivity contribution is 6.30. The van der Waals surface area contributed by atoms with E-state index in [4.69, 9.17) is 11.6 Å². The van der Waals surface area contributed by atoms with Gasteiger partial charge >= 0.3 is 0 Å². The molecule has 0 radical (unpaired) electrons. The second-order valence-corrected chi connectivity index (χ2v) is 5.98. The van der Waals surface area contributed by atoms with E-state index in [0.29, 0.717) is 10.6 Å². The maximum absolute atomic E-state index is 12.1. The molecule has 0 fully saturated rings. The molecular formula is C20H16ClNO2. The number of ketones is 1. The van der Waals surface area contributed by atoms with Crippen LogP contribution in [-0.2, 0) is 4.79 Å². The monoisotopic (exact) mass is 337 g/mol. The van der Waals surface area contributed by atoms with Crippen molar-refractivity contribution in [1.82, 2.24) is 0 Å². The average molecular weight is 338 g/mol. The molecule has 0 unspecified atom stereocenters. The van der Waals surface area contributed by atoms with Gasteiger partial charge in [0.2, 0.25) is 5.91 Å². The number of hydrogen-bond acceptors (Lipinski definition) is 2. The molecule has 0 aliphatic rings. The Hall–Kier alpha value is -2.65. The summed E-state index contributed by atoms with van der Waals surface area (Å²) in [5.41, 5.74) is 1.30. The Bertz CT molecular complexity index is 888. The van der Waals surface area contributed by atoms with Gasteiger partial charge in [-0.25, -0.2) is 0 Å². The zero-order valence-corrected chi connectivity index (χ0v) is 13.7. The molecule has 3 nitrogen and oxygen atoms in total. The van der Waals surface area contributed by atoms with Crippen LogP contribution in [0.25, 0.3) is 10.8 Å². The van der Waals surface area contributed by atoms with Gasteiger partial charge in [-0.3, -0.25) is 9.59 Å². The molecule has 0 saturated carbocycles. The third kappa shape index (κ3) is 4.00. The highest BCUT2D eigenvalue weighted by Crippen LogP contribution is 2.19. The number of amides is 1. The van der Waals surface area contributed by atoms with Crippen molar-refractivity contribution in [3.8, 4) is 0 Å². The number of benzene rings is 3. The summed E-state index contributed by atoms with van der Waals surface area (Å²) >= 11 is 5.80. The molecular weight excluding hydrogens is 322 g/mol. The van der Waals surface area contributed by atoms with Crippen LogP contribution in [0.15, 0.2) is 66.7 Å². The van der Waals surface area contributed by atoms with Crippen LogP contribution in [0.3, 0.4) is 0 Å². The van der Waals surface area contributed by atoms with Gasteiger partial charge < -0.3 is 5.32 Å². The van der Waals surface area contributed by atoms with Gasteiger partial charge in [-0.1, -0.05) is 41.9 Å². The van der Waals surface area contributed by atoms with Gasteiger partial charge in [0, 0.05) is 29.1 Å². The Morgan fingerprint density at radius 1 is 0.833 bits per heavy atom. The number of carbonyl (C=O) groups excluding carboxylic acids is 2. The molecule has 3 aromatic carbocycles. The highest BCUT2D eigenvalue weighted by atomic mass is 35.5. The van der Waals surface area contributed by atoms with Crippen LogP contribution in [0.5, 0.6) is 0 Å². The van der Waals surface area contributed by atoms with E-state index in [1.54, 1.807) is 24.3 Å². The van der Waals surface area contributed by atoms with E-state index < -0.39 is 0 Å². The second kappa shape index (κ2) is 7.28. The van der Waals surface area contributed by atoms with Crippen LogP contribution >= 0.6 is 11.6 Å². The molecule has 1 N–H and O–H groups in total. The number of rotatable bonds is 5. The van der Waals surface area contributed by atoms with E-state index >= 15 is 0 Å². The van der Waals surface area contributed by atoms with Crippen LogP contribution in [-0.4, -0.2) is 11.7 Å². The fraction of sp³-hybridized carbons (Fsp3) is 0.100. The van der Waals surface area contributed by atoms with Crippen LogP contribution in [0.2, 0.25) is 5.02 Å². The fourth-order valence-corrected chi connectivity index (χ4v) is 2.62. The van der Waals surface area contributed by atoms with E-state index in [2.05, 4.69) is 5.32 Å². The molecule has 0 aliphatic carbocycles. The zero-order chi connectivity index (χ0) is 16.9. The summed E-state index contributed by atoms with van der Waals surface area (Å²) in [5, 5.41) is 5.60. The topological polar surface area (TPSA) is 46.2 Å². The summed E-state index contributed by atoms with van der Waals surface area (Å²) in [7, 11) is 0. The molecule has 120 valence electrons. The average Bonchev–Trinajstić information content (AvgIpc) is 2.60. The minimum atomic E-state index is -0.174. The number of Topliss-reactive ketones (excluding diaryl/α,β-unsaturated/α-hetero) is 1. The third-order valence-electron chi connectivity index (χ3n) is 3.78. The van der Waals surface area contributed by atoms with Crippen molar-refractivity contribution in [2.75, 3.05) is 5.32 Å². The first-order chi connectivity index (χ1) is 11.6. The molecule has 0 aliphatic heterocycles. The standard InChI is InChI=1S/C20H16ClNO2/c21-17-8-5-15(6-9-17)19(23)11-12-20(24)22-18-10-7-14-3-1-2-4-16(14)13-18/h1-10,13H,11-12H2,(H,22,24). The van der Waals surface area contributed by atoms with Crippen LogP contribution in [0, 0.1) is 0 Å². The number of fused-ring (bicyclic) bond motifs is 1. The Morgan fingerprint density at radius 3 is 2.29 bits per heavy atom. The van der Waals surface area contributed by atoms with Crippen molar-refractivity contribution < 1.29 is 9.59 Å². The fourth-order valence-electron chi connectivity index (χ4n) is 2.50. The Kier molecular flexibility index (Phi) is 4.92. The summed E-state index contributed by atoms with van der Waals surface area (Å²) in [4.78, 5) is 24.1. The van der Waals surface area contributed by atoms with Gasteiger partial charge in [0.1, 0.15) is 0 Å². The van der Waals surface area contributed by atoms with Crippen molar-refractivity contribution in [2.45, 2.75) is 12.8 Å². The van der Waals surface area contributed by atoms with Crippen molar-refractivity contribution >= 4 is 39.8 Å². The summed E-state index contributed by atoms with van der Waals surface area (Å²) in [5.74, 6) is -0.243. The second-order valence-electron chi connectivity index (χ2n) is 5.54. The highest BCUT2D eigenvalue weighted by Gasteiger charge is 2.10. The molecule has 0 saturated heterocycles. The predicted molar refractivity (Wildman–Crippen MR) is 97.6 cm³/mol. The summed E-state index contributed by atoms with van der Waals surface area (Å²) in [6.45, 7) is 0. The van der Waals surface area contributed by atoms with E-state index in [0.717, 1.165) is 16.5 Å². The first-order valence-electron chi connectivity index (χ1n) is 7.69. The smallest absolute Gasteiger partial charge is 0.224 e. The third-order valence-corrected chi connectivity index (χ3v) is 4.03. The SMILES string of the molecule is O=C(CCC(=O)c1ccc(Cl)cc1)Nc1ccc2ccccc2c1. The van der Waals surface area contributed by atoms with Crippen molar-refractivity contribution in [1.29, 1.82) is 0 Å². The minimum absolute atomic E-state index is 0.0691. The van der Waals surface area contributed by atoms with Gasteiger partial charge in [-0.15, -0.1) is 0 Å². The summed E-state index contributed by atoms with van der Waals surface area (Å²) in [6.07, 6.45) is 0.315. The van der Waals surface area contributed by atoms with Gasteiger partial charge in [0.15, 0.2) is 5.78 Å². The molecule has 3 rings (SSSR count). The summed E-state index contributed by atoms with van der Waals surface area (Å²) < 4.78 is 0. The quantitative estimate of drug-likeness (QED) is 0.659. The Morgan fingerprint density at radius 2 is 1.54 bits per heavy atom. The molecule has 0 heterocycles. The van der Waals surface area contributed by atoms with Crippen molar-refractivity contribution in [2.24, 2.45) is 0 Å². The van der Waals surface area contributed by atoms with E-state index in [1.165, 1.54) is 0 Å². The van der Waals surface area contributed by atoms with E-state index in [1.807, 2.05) is 42.5 Å². The molecule has 24 heavy (non-hydrogen) atoms. The number of carbonyl (C=O) groups is 2. The molecule has 4 heteroatoms.